The van der Waals surface area contributed by atoms with Crippen LogP contribution in [-0.2, 0) is 9.59 Å². The van der Waals surface area contributed by atoms with Gasteiger partial charge in [-0.3, -0.25) is 19.6 Å². The topological polar surface area (TPSA) is 58.9 Å². The third-order valence-corrected chi connectivity index (χ3v) is 3.62. The summed E-state index contributed by atoms with van der Waals surface area (Å²) >= 11 is 0. The van der Waals surface area contributed by atoms with E-state index in [0.717, 1.165) is 11.4 Å². The molecule has 0 aromatic carbocycles. The van der Waals surface area contributed by atoms with E-state index in [2.05, 4.69) is 23.1 Å². The molecule has 0 aromatic rings. The molecule has 0 saturated heterocycles. The number of carbonyl (C=O) groups excluding carboxylic acids is 2. The number of carbonyl (C=O) groups is 2. The predicted octanol–water partition coefficient (Wildman–Crippen LogP) is 3.47. The Balaban J connectivity index is 4.66. The molecule has 0 bridgehead atoms. The molecule has 4 nitrogen and oxygen atoms in total. The molecule has 4 heteroatoms. The van der Waals surface area contributed by atoms with Gasteiger partial charge in [-0.05, 0) is 40.5 Å². The third kappa shape index (κ3) is 7.25. The van der Waals surface area contributed by atoms with E-state index in [1.807, 2.05) is 13.8 Å². The Hall–Kier alpha value is -1.84. The van der Waals surface area contributed by atoms with Gasteiger partial charge >= 0.3 is 0 Å². The van der Waals surface area contributed by atoms with Crippen LogP contribution >= 0.6 is 0 Å². The average Bonchev–Trinajstić information content (AvgIpc) is 2.45. The van der Waals surface area contributed by atoms with Crippen LogP contribution in [0.2, 0.25) is 0 Å². The van der Waals surface area contributed by atoms with Gasteiger partial charge in [0.1, 0.15) is 11.6 Å². The van der Waals surface area contributed by atoms with E-state index < -0.39 is 0 Å². The summed E-state index contributed by atoms with van der Waals surface area (Å²) in [6, 6.07) is 0. The predicted molar refractivity (Wildman–Crippen MR) is 93.9 cm³/mol. The van der Waals surface area contributed by atoms with Gasteiger partial charge in [0.05, 0.1) is 24.9 Å². The van der Waals surface area contributed by atoms with Crippen molar-refractivity contribution in [3.05, 3.63) is 25.3 Å². The summed E-state index contributed by atoms with van der Waals surface area (Å²) in [7, 11) is 0. The number of ketones is 2. The first-order valence-electron chi connectivity index (χ1n) is 7.59. The number of hydrogen-bond acceptors (Lipinski definition) is 4. The Morgan fingerprint density at radius 1 is 0.818 bits per heavy atom. The minimum atomic E-state index is -0.187. The van der Waals surface area contributed by atoms with Crippen LogP contribution in [0, 0.1) is 11.8 Å². The zero-order valence-electron chi connectivity index (χ0n) is 14.3. The van der Waals surface area contributed by atoms with E-state index in [9.17, 15) is 9.59 Å². The number of nitrogens with zero attached hydrogens (tertiary/aromatic N) is 2. The molecule has 0 saturated carbocycles. The molecule has 0 amide bonds. The second kappa shape index (κ2) is 10.8. The van der Waals surface area contributed by atoms with Crippen LogP contribution in [-0.4, -0.2) is 36.1 Å². The van der Waals surface area contributed by atoms with Gasteiger partial charge in [-0.25, -0.2) is 0 Å². The van der Waals surface area contributed by atoms with Crippen LogP contribution in [0.5, 0.6) is 0 Å². The molecule has 0 heterocycles. The SMILES string of the molecule is C=CCC(C(C)=O)C(C)=NCCN=C(C)C(CC=C)C(C)=O. The van der Waals surface area contributed by atoms with Crippen molar-refractivity contribution in [2.24, 2.45) is 21.8 Å². The van der Waals surface area contributed by atoms with Gasteiger partial charge in [-0.2, -0.15) is 0 Å². The maximum atomic E-state index is 11.5. The Labute approximate surface area is 134 Å². The van der Waals surface area contributed by atoms with Gasteiger partial charge in [-0.15, -0.1) is 13.2 Å². The van der Waals surface area contributed by atoms with Gasteiger partial charge < -0.3 is 0 Å². The number of hydrogen-bond donors (Lipinski definition) is 0. The zero-order valence-corrected chi connectivity index (χ0v) is 14.3. The molecule has 22 heavy (non-hydrogen) atoms. The van der Waals surface area contributed by atoms with Gasteiger partial charge in [-0.1, -0.05) is 12.2 Å². The van der Waals surface area contributed by atoms with E-state index in [0.29, 0.717) is 25.9 Å². The number of aliphatic imine (C=N–C) groups is 2. The van der Waals surface area contributed by atoms with Crippen LogP contribution in [0.1, 0.15) is 40.5 Å². The van der Waals surface area contributed by atoms with E-state index in [1.165, 1.54) is 0 Å². The molecule has 0 aliphatic heterocycles. The summed E-state index contributed by atoms with van der Waals surface area (Å²) in [5, 5.41) is 0. The highest BCUT2D eigenvalue weighted by Gasteiger charge is 2.16. The first-order valence-corrected chi connectivity index (χ1v) is 7.59. The lowest BCUT2D eigenvalue weighted by atomic mass is 9.96. The maximum absolute atomic E-state index is 11.5. The van der Waals surface area contributed by atoms with Gasteiger partial charge in [0.2, 0.25) is 0 Å². The number of rotatable bonds is 11. The van der Waals surface area contributed by atoms with Crippen molar-refractivity contribution in [2.75, 3.05) is 13.1 Å². The lowest BCUT2D eigenvalue weighted by Crippen LogP contribution is -2.20. The van der Waals surface area contributed by atoms with Crippen LogP contribution in [0.4, 0.5) is 0 Å². The first kappa shape index (κ1) is 20.2. The minimum Gasteiger partial charge on any atom is -0.299 e. The maximum Gasteiger partial charge on any atom is 0.138 e. The van der Waals surface area contributed by atoms with Crippen molar-refractivity contribution < 1.29 is 9.59 Å². The van der Waals surface area contributed by atoms with E-state index in [-0.39, 0.29) is 23.4 Å². The largest absolute Gasteiger partial charge is 0.299 e. The fourth-order valence-corrected chi connectivity index (χ4v) is 2.27. The lowest BCUT2D eigenvalue weighted by Gasteiger charge is -2.12. The van der Waals surface area contributed by atoms with Gasteiger partial charge in [0.25, 0.3) is 0 Å². The smallest absolute Gasteiger partial charge is 0.138 e. The Bertz CT molecular complexity index is 431. The Morgan fingerprint density at radius 2 is 1.14 bits per heavy atom. The van der Waals surface area contributed by atoms with E-state index in [1.54, 1.807) is 26.0 Å². The molecule has 0 rings (SSSR count). The van der Waals surface area contributed by atoms with Crippen molar-refractivity contribution in [3.8, 4) is 0 Å². The summed E-state index contributed by atoms with van der Waals surface area (Å²) in [5.74, 6) is -0.173. The van der Waals surface area contributed by atoms with Crippen molar-refractivity contribution in [3.63, 3.8) is 0 Å². The van der Waals surface area contributed by atoms with Crippen LogP contribution < -0.4 is 0 Å². The van der Waals surface area contributed by atoms with Crippen molar-refractivity contribution >= 4 is 23.0 Å². The summed E-state index contributed by atoms with van der Waals surface area (Å²) in [4.78, 5) is 31.9. The molecule has 0 spiro atoms. The minimum absolute atomic E-state index is 0.100. The highest BCUT2D eigenvalue weighted by Crippen LogP contribution is 2.10. The number of Topliss-reactive ketones (excluding diaryl/α,β-unsaturated/α-hetero) is 2. The average molecular weight is 304 g/mol. The summed E-state index contributed by atoms with van der Waals surface area (Å²) in [6.07, 6.45) is 4.69. The molecule has 0 aliphatic carbocycles. The molecule has 122 valence electrons. The van der Waals surface area contributed by atoms with E-state index >= 15 is 0 Å². The normalized spacial score (nSPS) is 15.1. The second-order valence-corrected chi connectivity index (χ2v) is 5.42. The highest BCUT2D eigenvalue weighted by molar-refractivity contribution is 6.03. The molecule has 2 atom stereocenters. The molecule has 2 unspecified atom stereocenters. The molecular formula is C18H28N2O2. The molecular weight excluding hydrogens is 276 g/mol. The lowest BCUT2D eigenvalue weighted by molar-refractivity contribution is -0.119. The Morgan fingerprint density at radius 3 is 1.36 bits per heavy atom. The fourth-order valence-electron chi connectivity index (χ4n) is 2.27. The Kier molecular flexibility index (Phi) is 9.92. The van der Waals surface area contributed by atoms with E-state index in [4.69, 9.17) is 0 Å². The zero-order chi connectivity index (χ0) is 17.1. The quantitative estimate of drug-likeness (QED) is 0.333. The van der Waals surface area contributed by atoms with Gasteiger partial charge in [0.15, 0.2) is 0 Å². The third-order valence-electron chi connectivity index (χ3n) is 3.62. The fraction of sp³-hybridized carbons (Fsp3) is 0.556. The monoisotopic (exact) mass is 304 g/mol. The second-order valence-electron chi connectivity index (χ2n) is 5.42. The standard InChI is InChI=1S/C18H28N2O2/c1-7-9-17(15(5)21)13(3)19-11-12-20-14(4)18(10-8-2)16(6)22/h7-8,17-18H,1-2,9-12H2,3-6H3. The highest BCUT2D eigenvalue weighted by atomic mass is 16.1. The van der Waals surface area contributed by atoms with Gasteiger partial charge in [0, 0.05) is 11.4 Å². The van der Waals surface area contributed by atoms with Crippen molar-refractivity contribution in [1.82, 2.24) is 0 Å². The van der Waals surface area contributed by atoms with Crippen molar-refractivity contribution in [2.45, 2.75) is 40.5 Å². The van der Waals surface area contributed by atoms with Crippen LogP contribution in [0.3, 0.4) is 0 Å². The van der Waals surface area contributed by atoms with Crippen molar-refractivity contribution in [1.29, 1.82) is 0 Å². The van der Waals surface area contributed by atoms with Crippen LogP contribution in [0.15, 0.2) is 35.3 Å². The molecule has 0 aromatic heterocycles. The molecule has 0 aliphatic rings. The summed E-state index contributed by atoms with van der Waals surface area (Å²) < 4.78 is 0. The summed E-state index contributed by atoms with van der Waals surface area (Å²) in [5.41, 5.74) is 1.63. The first-order chi connectivity index (χ1) is 10.3. The molecule has 0 fully saturated rings. The number of allylic oxidation sites excluding steroid dienone is 2. The molecule has 0 N–H and O–H groups in total. The summed E-state index contributed by atoms with van der Waals surface area (Å²) in [6.45, 7) is 15.2. The van der Waals surface area contributed by atoms with Crippen LogP contribution in [0.25, 0.3) is 0 Å². The molecule has 0 radical (unpaired) electrons.